The maximum absolute atomic E-state index is 13.7. The SMILES string of the molecule is CSc1ncc2c(n1)CCN(Cc1ccc(F)cc1F)C2. The Morgan fingerprint density at radius 2 is 2.19 bits per heavy atom. The van der Waals surface area contributed by atoms with Crippen LogP contribution in [-0.2, 0) is 19.5 Å². The zero-order chi connectivity index (χ0) is 14.8. The van der Waals surface area contributed by atoms with E-state index in [0.29, 0.717) is 18.7 Å². The van der Waals surface area contributed by atoms with Crippen LogP contribution in [0.1, 0.15) is 16.8 Å². The second-order valence-electron chi connectivity index (χ2n) is 5.03. The Bertz CT molecular complexity index is 663. The second kappa shape index (κ2) is 6.07. The Hall–Kier alpha value is -1.53. The van der Waals surface area contributed by atoms with E-state index in [2.05, 4.69) is 14.9 Å². The van der Waals surface area contributed by atoms with Gasteiger partial charge in [0.05, 0.1) is 5.69 Å². The molecule has 1 aromatic heterocycles. The summed E-state index contributed by atoms with van der Waals surface area (Å²) in [6.45, 7) is 1.98. The number of thioether (sulfide) groups is 1. The van der Waals surface area contributed by atoms with Gasteiger partial charge in [-0.15, -0.1) is 0 Å². The zero-order valence-corrected chi connectivity index (χ0v) is 12.5. The molecule has 0 unspecified atom stereocenters. The van der Waals surface area contributed by atoms with E-state index in [1.165, 1.54) is 23.9 Å². The lowest BCUT2D eigenvalue weighted by molar-refractivity contribution is 0.238. The molecule has 0 amide bonds. The van der Waals surface area contributed by atoms with Gasteiger partial charge in [0.1, 0.15) is 11.6 Å². The lowest BCUT2D eigenvalue weighted by Gasteiger charge is -2.28. The van der Waals surface area contributed by atoms with Crippen molar-refractivity contribution in [1.82, 2.24) is 14.9 Å². The molecule has 2 aromatic rings. The number of fused-ring (bicyclic) bond motifs is 1. The highest BCUT2D eigenvalue weighted by Crippen LogP contribution is 2.21. The quantitative estimate of drug-likeness (QED) is 0.644. The molecule has 0 N–H and O–H groups in total. The van der Waals surface area contributed by atoms with E-state index in [1.54, 1.807) is 0 Å². The van der Waals surface area contributed by atoms with Crippen molar-refractivity contribution < 1.29 is 8.78 Å². The lowest BCUT2D eigenvalue weighted by Crippen LogP contribution is -2.31. The molecule has 0 atom stereocenters. The highest BCUT2D eigenvalue weighted by Gasteiger charge is 2.19. The number of aromatic nitrogens is 2. The molecule has 0 radical (unpaired) electrons. The summed E-state index contributed by atoms with van der Waals surface area (Å²) in [4.78, 5) is 10.9. The van der Waals surface area contributed by atoms with E-state index in [1.807, 2.05) is 12.5 Å². The summed E-state index contributed by atoms with van der Waals surface area (Å²) in [5.74, 6) is -1.03. The average Bonchev–Trinajstić information content (AvgIpc) is 2.49. The van der Waals surface area contributed by atoms with Gasteiger partial charge in [-0.05, 0) is 12.3 Å². The van der Waals surface area contributed by atoms with Gasteiger partial charge in [0.2, 0.25) is 0 Å². The normalized spacial score (nSPS) is 15.0. The van der Waals surface area contributed by atoms with Crippen molar-refractivity contribution in [2.45, 2.75) is 24.7 Å². The summed E-state index contributed by atoms with van der Waals surface area (Å²) in [6, 6.07) is 3.73. The standard InChI is InChI=1S/C15H15F2N3S/c1-21-15-18-7-11-9-20(5-4-14(11)19-15)8-10-2-3-12(16)6-13(10)17/h2-3,6-7H,4-5,8-9H2,1H3. The molecule has 21 heavy (non-hydrogen) atoms. The minimum atomic E-state index is -0.543. The Balaban J connectivity index is 1.74. The predicted octanol–water partition coefficient (Wildman–Crippen LogP) is 3.04. The fourth-order valence-corrected chi connectivity index (χ4v) is 2.84. The fraction of sp³-hybridized carbons (Fsp3) is 0.333. The van der Waals surface area contributed by atoms with Crippen LogP contribution in [0.4, 0.5) is 8.78 Å². The highest BCUT2D eigenvalue weighted by atomic mass is 32.2. The first-order valence-corrected chi connectivity index (χ1v) is 7.93. The smallest absolute Gasteiger partial charge is 0.187 e. The minimum Gasteiger partial charge on any atom is -0.294 e. The van der Waals surface area contributed by atoms with Crippen LogP contribution in [0.15, 0.2) is 29.6 Å². The van der Waals surface area contributed by atoms with Gasteiger partial charge in [0.25, 0.3) is 0 Å². The molecule has 0 aliphatic carbocycles. The Labute approximate surface area is 126 Å². The monoisotopic (exact) mass is 307 g/mol. The molecule has 1 aliphatic heterocycles. The van der Waals surface area contributed by atoms with Crippen LogP contribution in [-0.4, -0.2) is 27.7 Å². The van der Waals surface area contributed by atoms with Crippen LogP contribution in [0, 0.1) is 11.6 Å². The molecule has 0 fully saturated rings. The van der Waals surface area contributed by atoms with Gasteiger partial charge in [-0.3, -0.25) is 4.90 Å². The first-order valence-electron chi connectivity index (χ1n) is 6.71. The van der Waals surface area contributed by atoms with Crippen LogP contribution in [0.3, 0.4) is 0 Å². The van der Waals surface area contributed by atoms with E-state index in [4.69, 9.17) is 0 Å². The summed E-state index contributed by atoms with van der Waals surface area (Å²) >= 11 is 1.53. The van der Waals surface area contributed by atoms with Crippen LogP contribution < -0.4 is 0 Å². The first-order chi connectivity index (χ1) is 10.2. The maximum Gasteiger partial charge on any atom is 0.187 e. The number of nitrogens with zero attached hydrogens (tertiary/aromatic N) is 3. The maximum atomic E-state index is 13.7. The third-order valence-corrected chi connectivity index (χ3v) is 4.14. The molecule has 0 bridgehead atoms. The van der Waals surface area contributed by atoms with E-state index >= 15 is 0 Å². The lowest BCUT2D eigenvalue weighted by atomic mass is 10.1. The summed E-state index contributed by atoms with van der Waals surface area (Å²) in [7, 11) is 0. The van der Waals surface area contributed by atoms with Crippen molar-refractivity contribution in [3.63, 3.8) is 0 Å². The minimum absolute atomic E-state index is 0.468. The molecule has 6 heteroatoms. The zero-order valence-electron chi connectivity index (χ0n) is 11.6. The molecule has 0 spiro atoms. The van der Waals surface area contributed by atoms with Crippen molar-refractivity contribution in [2.24, 2.45) is 0 Å². The number of hydrogen-bond acceptors (Lipinski definition) is 4. The number of rotatable bonds is 3. The summed E-state index contributed by atoms with van der Waals surface area (Å²) in [6.07, 6.45) is 4.63. The predicted molar refractivity (Wildman–Crippen MR) is 78.0 cm³/mol. The molecule has 0 saturated heterocycles. The summed E-state index contributed by atoms with van der Waals surface area (Å²) in [5.41, 5.74) is 2.67. The molecule has 0 saturated carbocycles. The van der Waals surface area contributed by atoms with Crippen molar-refractivity contribution in [3.05, 3.63) is 52.9 Å². The van der Waals surface area contributed by atoms with Crippen molar-refractivity contribution in [2.75, 3.05) is 12.8 Å². The largest absolute Gasteiger partial charge is 0.294 e. The van der Waals surface area contributed by atoms with Crippen LogP contribution in [0.2, 0.25) is 0 Å². The Morgan fingerprint density at radius 1 is 1.33 bits per heavy atom. The molecule has 3 nitrogen and oxygen atoms in total. The van der Waals surface area contributed by atoms with Crippen LogP contribution in [0.5, 0.6) is 0 Å². The summed E-state index contributed by atoms with van der Waals surface area (Å²) < 4.78 is 26.6. The topological polar surface area (TPSA) is 29.0 Å². The molecule has 1 aromatic carbocycles. The van der Waals surface area contributed by atoms with Gasteiger partial charge < -0.3 is 0 Å². The highest BCUT2D eigenvalue weighted by molar-refractivity contribution is 7.98. The van der Waals surface area contributed by atoms with E-state index < -0.39 is 11.6 Å². The molecular weight excluding hydrogens is 292 g/mol. The number of benzene rings is 1. The van der Waals surface area contributed by atoms with Crippen molar-refractivity contribution in [3.8, 4) is 0 Å². The number of hydrogen-bond donors (Lipinski definition) is 0. The van der Waals surface area contributed by atoms with Gasteiger partial charge in [0, 0.05) is 49.4 Å². The van der Waals surface area contributed by atoms with E-state index in [-0.39, 0.29) is 0 Å². The average molecular weight is 307 g/mol. The third-order valence-electron chi connectivity index (χ3n) is 3.58. The van der Waals surface area contributed by atoms with E-state index in [9.17, 15) is 8.78 Å². The van der Waals surface area contributed by atoms with Crippen molar-refractivity contribution in [1.29, 1.82) is 0 Å². The molecule has 110 valence electrons. The van der Waals surface area contributed by atoms with Gasteiger partial charge in [-0.25, -0.2) is 18.7 Å². The molecule has 1 aliphatic rings. The van der Waals surface area contributed by atoms with Gasteiger partial charge >= 0.3 is 0 Å². The second-order valence-corrected chi connectivity index (χ2v) is 5.80. The van der Waals surface area contributed by atoms with Gasteiger partial charge in [-0.1, -0.05) is 17.8 Å². The Kier molecular flexibility index (Phi) is 4.17. The van der Waals surface area contributed by atoms with Gasteiger partial charge in [0.15, 0.2) is 5.16 Å². The van der Waals surface area contributed by atoms with Crippen LogP contribution >= 0.6 is 11.8 Å². The third kappa shape index (κ3) is 3.22. The summed E-state index contributed by atoms with van der Waals surface area (Å²) in [5, 5.41) is 0.784. The molecule has 2 heterocycles. The van der Waals surface area contributed by atoms with E-state index in [0.717, 1.165) is 35.4 Å². The van der Waals surface area contributed by atoms with Crippen LogP contribution in [0.25, 0.3) is 0 Å². The fourth-order valence-electron chi connectivity index (χ4n) is 2.48. The van der Waals surface area contributed by atoms with Gasteiger partial charge in [-0.2, -0.15) is 0 Å². The first kappa shape index (κ1) is 14.4. The molecule has 3 rings (SSSR count). The number of halogens is 2. The van der Waals surface area contributed by atoms with Crippen molar-refractivity contribution >= 4 is 11.8 Å². The Morgan fingerprint density at radius 3 is 2.95 bits per heavy atom. The molecular formula is C15H15F2N3S.